The quantitative estimate of drug-likeness (QED) is 0.135. The summed E-state index contributed by atoms with van der Waals surface area (Å²) in [6.07, 6.45) is 0. The fraction of sp³-hybridized carbons (Fsp3) is 0. The highest BCUT2D eigenvalue weighted by Gasteiger charge is 2.22. The number of hydrogen-bond donors (Lipinski definition) is 0. The Morgan fingerprint density at radius 3 is 1.57 bits per heavy atom. The minimum Gasteiger partial charge on any atom is -0.307 e. The van der Waals surface area contributed by atoms with Crippen LogP contribution in [-0.2, 0) is 0 Å². The van der Waals surface area contributed by atoms with Crippen molar-refractivity contribution in [2.45, 2.75) is 0 Å². The van der Waals surface area contributed by atoms with E-state index in [1.54, 1.807) is 0 Å². The van der Waals surface area contributed by atoms with E-state index in [9.17, 15) is 0 Å². The molecule has 236 valence electrons. The van der Waals surface area contributed by atoms with Crippen LogP contribution in [0.2, 0.25) is 0 Å². The van der Waals surface area contributed by atoms with Gasteiger partial charge < -0.3 is 9.13 Å². The number of para-hydroxylation sites is 5. The molecule has 4 nitrogen and oxygen atoms in total. The third kappa shape index (κ3) is 3.55. The Balaban J connectivity index is 1.28. The first-order chi connectivity index (χ1) is 25.3. The second-order valence-electron chi connectivity index (χ2n) is 13.6. The summed E-state index contributed by atoms with van der Waals surface area (Å²) >= 11 is 0. The van der Waals surface area contributed by atoms with Crippen molar-refractivity contribution < 1.29 is 0 Å². The molecule has 4 heteroatoms. The zero-order chi connectivity index (χ0) is 33.2. The van der Waals surface area contributed by atoms with E-state index in [1.165, 1.54) is 65.2 Å². The molecule has 51 heavy (non-hydrogen) atoms. The summed E-state index contributed by atoms with van der Waals surface area (Å²) in [6, 6.07) is 61.8. The van der Waals surface area contributed by atoms with Crippen molar-refractivity contribution >= 4 is 92.7 Å². The molecule has 4 heterocycles. The summed E-state index contributed by atoms with van der Waals surface area (Å²) in [4.78, 5) is 5.26. The summed E-state index contributed by atoms with van der Waals surface area (Å²) in [5.41, 5.74) is 11.3. The molecule has 0 amide bonds. The number of fused-ring (bicyclic) bond motifs is 16. The first kappa shape index (κ1) is 27.0. The molecule has 0 atom stereocenters. The lowest BCUT2D eigenvalue weighted by molar-refractivity contribution is 1.15. The van der Waals surface area contributed by atoms with Gasteiger partial charge in [-0.2, -0.15) is 0 Å². The average molecular weight is 649 g/mol. The Kier molecular flexibility index (Phi) is 5.20. The molecule has 12 aromatic rings. The van der Waals surface area contributed by atoms with Crippen LogP contribution >= 0.6 is 0 Å². The van der Waals surface area contributed by atoms with E-state index in [-0.39, 0.29) is 0 Å². The van der Waals surface area contributed by atoms with Gasteiger partial charge in [0.1, 0.15) is 5.65 Å². The number of rotatable bonds is 2. The van der Waals surface area contributed by atoms with Gasteiger partial charge >= 0.3 is 0 Å². The minimum absolute atomic E-state index is 0.982. The third-order valence-electron chi connectivity index (χ3n) is 10.9. The Morgan fingerprint density at radius 2 is 0.863 bits per heavy atom. The van der Waals surface area contributed by atoms with Crippen LogP contribution in [0.4, 0.5) is 0 Å². The molecule has 8 aromatic carbocycles. The number of nitrogens with zero attached hydrogens (tertiary/aromatic N) is 4. The molecular formula is C47H28N4. The maximum absolute atomic E-state index is 5.26. The first-order valence-electron chi connectivity index (χ1n) is 17.5. The number of pyridine rings is 1. The summed E-state index contributed by atoms with van der Waals surface area (Å²) in [5.74, 6) is 0. The number of aromatic nitrogens is 4. The lowest BCUT2D eigenvalue weighted by atomic mass is 10.0. The van der Waals surface area contributed by atoms with E-state index in [4.69, 9.17) is 4.98 Å². The second-order valence-corrected chi connectivity index (χ2v) is 13.6. The predicted octanol–water partition coefficient (Wildman–Crippen LogP) is 12.1. The molecule has 0 unspecified atom stereocenters. The fourth-order valence-electron chi connectivity index (χ4n) is 8.78. The van der Waals surface area contributed by atoms with Crippen molar-refractivity contribution in [2.24, 2.45) is 0 Å². The van der Waals surface area contributed by atoms with E-state index in [0.29, 0.717) is 0 Å². The number of hydrogen-bond acceptors (Lipinski definition) is 1. The van der Waals surface area contributed by atoms with Crippen LogP contribution in [0.25, 0.3) is 104 Å². The maximum atomic E-state index is 5.26. The molecule has 0 bridgehead atoms. The normalized spacial score (nSPS) is 12.3. The van der Waals surface area contributed by atoms with Crippen LogP contribution in [0.15, 0.2) is 170 Å². The Bertz CT molecular complexity index is 3420. The SMILES string of the molecule is c1ccc(-n2c3ccccc3c3ccc4c5ccccc5n(-c5ccc6c7cc8ccccc8cc7c7nc8ccccc8n7c6c5)c4c32)cc1. The first-order valence-corrected chi connectivity index (χ1v) is 17.5. The minimum atomic E-state index is 0.982. The van der Waals surface area contributed by atoms with Crippen molar-refractivity contribution in [2.75, 3.05) is 0 Å². The smallest absolute Gasteiger partial charge is 0.146 e. The molecule has 0 radical (unpaired) electrons. The van der Waals surface area contributed by atoms with E-state index < -0.39 is 0 Å². The van der Waals surface area contributed by atoms with Gasteiger partial charge in [-0.25, -0.2) is 4.98 Å². The number of imidazole rings is 1. The van der Waals surface area contributed by atoms with E-state index in [1.807, 2.05) is 0 Å². The van der Waals surface area contributed by atoms with Gasteiger partial charge in [0.15, 0.2) is 0 Å². The molecule has 4 aromatic heterocycles. The molecule has 0 aliphatic rings. The molecule has 0 saturated carbocycles. The van der Waals surface area contributed by atoms with Crippen molar-refractivity contribution in [1.29, 1.82) is 0 Å². The molecular weight excluding hydrogens is 621 g/mol. The van der Waals surface area contributed by atoms with Gasteiger partial charge in [-0.15, -0.1) is 0 Å². The molecule has 0 spiro atoms. The summed E-state index contributed by atoms with van der Waals surface area (Å²) in [6.45, 7) is 0. The predicted molar refractivity (Wildman–Crippen MR) is 214 cm³/mol. The van der Waals surface area contributed by atoms with Crippen LogP contribution < -0.4 is 0 Å². The topological polar surface area (TPSA) is 27.2 Å². The zero-order valence-electron chi connectivity index (χ0n) is 27.5. The molecule has 0 N–H and O–H groups in total. The van der Waals surface area contributed by atoms with Gasteiger partial charge in [-0.1, -0.05) is 109 Å². The van der Waals surface area contributed by atoms with Crippen molar-refractivity contribution in [1.82, 2.24) is 18.5 Å². The molecule has 0 aliphatic heterocycles. The highest BCUT2D eigenvalue weighted by Crippen LogP contribution is 2.43. The van der Waals surface area contributed by atoms with Gasteiger partial charge in [-0.05, 0) is 76.8 Å². The Morgan fingerprint density at radius 1 is 0.333 bits per heavy atom. The van der Waals surface area contributed by atoms with Gasteiger partial charge in [-0.3, -0.25) is 4.40 Å². The monoisotopic (exact) mass is 648 g/mol. The molecule has 0 saturated heterocycles. The van der Waals surface area contributed by atoms with Crippen LogP contribution in [-0.4, -0.2) is 18.5 Å². The highest BCUT2D eigenvalue weighted by atomic mass is 15.1. The van der Waals surface area contributed by atoms with Crippen LogP contribution in [0.5, 0.6) is 0 Å². The summed E-state index contributed by atoms with van der Waals surface area (Å²) < 4.78 is 7.31. The van der Waals surface area contributed by atoms with Crippen molar-refractivity contribution in [3.8, 4) is 11.4 Å². The average Bonchev–Trinajstić information content (AvgIpc) is 3.86. The van der Waals surface area contributed by atoms with E-state index >= 15 is 0 Å². The number of benzene rings is 8. The van der Waals surface area contributed by atoms with Gasteiger partial charge in [0.25, 0.3) is 0 Å². The van der Waals surface area contributed by atoms with Crippen LogP contribution in [0.3, 0.4) is 0 Å². The molecule has 0 aliphatic carbocycles. The lowest BCUT2D eigenvalue weighted by Crippen LogP contribution is -2.00. The van der Waals surface area contributed by atoms with Gasteiger partial charge in [0.2, 0.25) is 0 Å². The summed E-state index contributed by atoms with van der Waals surface area (Å²) in [7, 11) is 0. The Labute approximate surface area is 291 Å². The standard InChI is InChI=1S/C47H28N4/c1-2-14-31(15-3-1)49-41-19-9-6-16-33(41)36-24-25-37-34-17-7-10-20-42(34)50(46(37)45(36)49)32-22-23-35-38-26-29-12-4-5-13-30(29)27-39(38)47-48-40-18-8-11-21-43(40)51(47)44(35)28-32/h1-28H. The van der Waals surface area contributed by atoms with Crippen LogP contribution in [0, 0.1) is 0 Å². The van der Waals surface area contributed by atoms with E-state index in [2.05, 4.69) is 183 Å². The van der Waals surface area contributed by atoms with Gasteiger partial charge in [0.05, 0.1) is 38.6 Å². The fourth-order valence-corrected chi connectivity index (χ4v) is 8.78. The maximum Gasteiger partial charge on any atom is 0.146 e. The van der Waals surface area contributed by atoms with Crippen molar-refractivity contribution in [3.63, 3.8) is 0 Å². The second kappa shape index (κ2) is 9.84. The summed E-state index contributed by atoms with van der Waals surface area (Å²) in [5, 5.41) is 11.0. The molecule has 0 fully saturated rings. The van der Waals surface area contributed by atoms with E-state index in [0.717, 1.165) is 39.0 Å². The highest BCUT2D eigenvalue weighted by molar-refractivity contribution is 6.24. The van der Waals surface area contributed by atoms with Crippen LogP contribution in [0.1, 0.15) is 0 Å². The lowest BCUT2D eigenvalue weighted by Gasteiger charge is -2.15. The van der Waals surface area contributed by atoms with Gasteiger partial charge in [0, 0.05) is 43.7 Å². The Hall–Kier alpha value is -6.91. The van der Waals surface area contributed by atoms with Crippen molar-refractivity contribution in [3.05, 3.63) is 170 Å². The largest absolute Gasteiger partial charge is 0.307 e. The third-order valence-corrected chi connectivity index (χ3v) is 10.9. The molecule has 12 rings (SSSR count). The zero-order valence-corrected chi connectivity index (χ0v) is 27.5.